The second-order valence-electron chi connectivity index (χ2n) is 6.27. The van der Waals surface area contributed by atoms with Crippen molar-refractivity contribution in [1.29, 1.82) is 0 Å². The molecule has 0 unspecified atom stereocenters. The normalized spacial score (nSPS) is 13.0. The number of aromatic nitrogens is 2. The Bertz CT molecular complexity index is 471. The number of imidazole rings is 1. The Morgan fingerprint density at radius 2 is 2.18 bits per heavy atom. The summed E-state index contributed by atoms with van der Waals surface area (Å²) in [7, 11) is 1.68. The summed E-state index contributed by atoms with van der Waals surface area (Å²) >= 11 is 2.16. The predicted molar refractivity (Wildman–Crippen MR) is 93.6 cm³/mol. The van der Waals surface area contributed by atoms with Crippen molar-refractivity contribution in [3.63, 3.8) is 0 Å². The molecule has 0 aliphatic heterocycles. The summed E-state index contributed by atoms with van der Waals surface area (Å²) in [6, 6.07) is 0. The fourth-order valence-electron chi connectivity index (χ4n) is 1.98. The quantitative estimate of drug-likeness (QED) is 0.683. The maximum absolute atomic E-state index is 12.4. The highest BCUT2D eigenvalue weighted by molar-refractivity contribution is 14.1. The number of aromatic amines is 1. The zero-order chi connectivity index (χ0) is 16.8. The molecule has 1 aromatic rings. The molecule has 0 aromatic carbocycles. The number of rotatable bonds is 7. The summed E-state index contributed by atoms with van der Waals surface area (Å²) in [4.78, 5) is 21.5. The van der Waals surface area contributed by atoms with Gasteiger partial charge in [0.15, 0.2) is 0 Å². The van der Waals surface area contributed by atoms with E-state index >= 15 is 0 Å². The number of nitrogens with zero attached hydrogens (tertiary/aromatic N) is 2. The second kappa shape index (κ2) is 8.71. The van der Waals surface area contributed by atoms with Crippen molar-refractivity contribution >= 4 is 28.7 Å². The van der Waals surface area contributed by atoms with Crippen LogP contribution in [-0.2, 0) is 16.0 Å². The van der Waals surface area contributed by atoms with Gasteiger partial charge in [0.2, 0.25) is 0 Å². The van der Waals surface area contributed by atoms with Crippen molar-refractivity contribution in [3.8, 4) is 0 Å². The molecule has 6 nitrogen and oxygen atoms in total. The number of halogens is 1. The second-order valence-corrected chi connectivity index (χ2v) is 7.43. The number of carbonyl (C=O) groups is 1. The number of methoxy groups -OCH3 is 1. The molecule has 1 N–H and O–H groups in total. The van der Waals surface area contributed by atoms with Gasteiger partial charge >= 0.3 is 6.09 Å². The van der Waals surface area contributed by atoms with Crippen molar-refractivity contribution in [1.82, 2.24) is 14.9 Å². The van der Waals surface area contributed by atoms with E-state index in [4.69, 9.17) is 9.47 Å². The van der Waals surface area contributed by atoms with Crippen LogP contribution >= 0.6 is 22.6 Å². The summed E-state index contributed by atoms with van der Waals surface area (Å²) < 4.78 is 11.7. The van der Waals surface area contributed by atoms with Gasteiger partial charge in [0.05, 0.1) is 23.0 Å². The lowest BCUT2D eigenvalue weighted by Gasteiger charge is -2.29. The molecule has 0 aliphatic carbocycles. The van der Waals surface area contributed by atoms with Gasteiger partial charge in [0, 0.05) is 13.7 Å². The minimum Gasteiger partial charge on any atom is -0.444 e. The molecule has 126 valence electrons. The van der Waals surface area contributed by atoms with Crippen LogP contribution in [0.4, 0.5) is 4.79 Å². The molecule has 0 radical (unpaired) electrons. The summed E-state index contributed by atoms with van der Waals surface area (Å²) in [5.74, 6) is 1.02. The fourth-order valence-corrected chi connectivity index (χ4v) is 2.43. The molecule has 0 saturated carbocycles. The van der Waals surface area contributed by atoms with Crippen LogP contribution in [0.25, 0.3) is 0 Å². The SMILES string of the molecule is CC[C@H](COC)CN(Cc1ncc(I)[nH]1)C(=O)OC(C)(C)C. The Labute approximate surface area is 146 Å². The topological polar surface area (TPSA) is 67.5 Å². The molecule has 1 amide bonds. The smallest absolute Gasteiger partial charge is 0.410 e. The van der Waals surface area contributed by atoms with E-state index in [1.54, 1.807) is 18.2 Å². The largest absolute Gasteiger partial charge is 0.444 e. The summed E-state index contributed by atoms with van der Waals surface area (Å²) in [6.45, 7) is 9.29. The lowest BCUT2D eigenvalue weighted by atomic mass is 10.1. The molecule has 1 heterocycles. The van der Waals surface area contributed by atoms with Crippen molar-refractivity contribution in [2.45, 2.75) is 46.3 Å². The standard InChI is InChI=1S/C15H26IN3O3/c1-6-11(10-21-5)8-19(14(20)22-15(2,3)4)9-13-17-7-12(16)18-13/h7,11H,6,8-10H2,1-5H3,(H,17,18)/t11-/m0/s1. The number of H-pyrrole nitrogens is 1. The van der Waals surface area contributed by atoms with E-state index < -0.39 is 5.60 Å². The molecule has 0 bridgehead atoms. The van der Waals surface area contributed by atoms with Crippen LogP contribution in [0.2, 0.25) is 0 Å². The Hall–Kier alpha value is -0.830. The first kappa shape index (κ1) is 19.2. The third kappa shape index (κ3) is 6.95. The first-order chi connectivity index (χ1) is 10.2. The van der Waals surface area contributed by atoms with Crippen molar-refractivity contribution < 1.29 is 14.3 Å². The van der Waals surface area contributed by atoms with E-state index in [0.29, 0.717) is 19.7 Å². The van der Waals surface area contributed by atoms with Gasteiger partial charge < -0.3 is 19.4 Å². The molecule has 0 saturated heterocycles. The van der Waals surface area contributed by atoms with Crippen LogP contribution < -0.4 is 0 Å². The molecule has 1 rings (SSSR count). The van der Waals surface area contributed by atoms with Gasteiger partial charge in [-0.25, -0.2) is 9.78 Å². The third-order valence-electron chi connectivity index (χ3n) is 3.05. The van der Waals surface area contributed by atoms with E-state index in [2.05, 4.69) is 39.5 Å². The van der Waals surface area contributed by atoms with Crippen molar-refractivity contribution in [2.75, 3.05) is 20.3 Å². The van der Waals surface area contributed by atoms with E-state index in [1.807, 2.05) is 20.8 Å². The molecular formula is C15H26IN3O3. The molecule has 0 spiro atoms. The number of amides is 1. The van der Waals surface area contributed by atoms with E-state index in [9.17, 15) is 4.79 Å². The number of ether oxygens (including phenoxy) is 2. The van der Waals surface area contributed by atoms with Crippen LogP contribution in [0.15, 0.2) is 6.20 Å². The van der Waals surface area contributed by atoms with E-state index in [0.717, 1.165) is 15.9 Å². The summed E-state index contributed by atoms with van der Waals surface area (Å²) in [6.07, 6.45) is 2.35. The highest BCUT2D eigenvalue weighted by atomic mass is 127. The van der Waals surface area contributed by atoms with Crippen LogP contribution in [0.5, 0.6) is 0 Å². The number of hydrogen-bond acceptors (Lipinski definition) is 4. The minimum atomic E-state index is -0.518. The Morgan fingerprint density at radius 1 is 1.50 bits per heavy atom. The Balaban J connectivity index is 2.81. The molecule has 1 aromatic heterocycles. The number of hydrogen-bond donors (Lipinski definition) is 1. The van der Waals surface area contributed by atoms with Crippen LogP contribution in [0.1, 0.15) is 39.9 Å². The summed E-state index contributed by atoms with van der Waals surface area (Å²) in [5, 5.41) is 0. The zero-order valence-corrected chi connectivity index (χ0v) is 16.1. The maximum atomic E-state index is 12.4. The minimum absolute atomic E-state index is 0.270. The van der Waals surface area contributed by atoms with Crippen molar-refractivity contribution in [3.05, 3.63) is 15.7 Å². The first-order valence-electron chi connectivity index (χ1n) is 7.41. The van der Waals surface area contributed by atoms with Crippen molar-refractivity contribution in [2.24, 2.45) is 5.92 Å². The monoisotopic (exact) mass is 423 g/mol. The lowest BCUT2D eigenvalue weighted by molar-refractivity contribution is 0.0161. The third-order valence-corrected chi connectivity index (χ3v) is 3.60. The van der Waals surface area contributed by atoms with Gasteiger partial charge in [-0.3, -0.25) is 0 Å². The number of carbonyl (C=O) groups excluding carboxylic acids is 1. The Kier molecular flexibility index (Phi) is 7.61. The van der Waals surface area contributed by atoms with E-state index in [1.165, 1.54) is 0 Å². The average molecular weight is 423 g/mol. The Morgan fingerprint density at radius 3 is 2.64 bits per heavy atom. The van der Waals surface area contributed by atoms with Gasteiger partial charge in [0.25, 0.3) is 0 Å². The van der Waals surface area contributed by atoms with E-state index in [-0.39, 0.29) is 12.0 Å². The highest BCUT2D eigenvalue weighted by Gasteiger charge is 2.25. The molecular weight excluding hydrogens is 397 g/mol. The summed E-state index contributed by atoms with van der Waals surface area (Å²) in [5.41, 5.74) is -0.518. The fraction of sp³-hybridized carbons (Fsp3) is 0.733. The molecule has 0 fully saturated rings. The zero-order valence-electron chi connectivity index (χ0n) is 14.0. The van der Waals surface area contributed by atoms with Crippen LogP contribution in [-0.4, -0.2) is 46.8 Å². The number of nitrogens with one attached hydrogen (secondary N) is 1. The molecule has 0 aliphatic rings. The molecule has 1 atom stereocenters. The highest BCUT2D eigenvalue weighted by Crippen LogP contribution is 2.15. The van der Waals surface area contributed by atoms with Gasteiger partial charge in [0.1, 0.15) is 11.4 Å². The predicted octanol–water partition coefficient (Wildman–Crippen LogP) is 3.42. The lowest BCUT2D eigenvalue weighted by Crippen LogP contribution is -2.40. The van der Waals surface area contributed by atoms with Gasteiger partial charge in [-0.15, -0.1) is 0 Å². The molecule has 22 heavy (non-hydrogen) atoms. The van der Waals surface area contributed by atoms with Crippen LogP contribution in [0, 0.1) is 9.62 Å². The average Bonchev–Trinajstić information content (AvgIpc) is 2.80. The first-order valence-corrected chi connectivity index (χ1v) is 8.49. The van der Waals surface area contributed by atoms with Gasteiger partial charge in [-0.2, -0.15) is 0 Å². The van der Waals surface area contributed by atoms with Gasteiger partial charge in [-0.1, -0.05) is 6.92 Å². The van der Waals surface area contributed by atoms with Crippen LogP contribution in [0.3, 0.4) is 0 Å². The van der Waals surface area contributed by atoms with Gasteiger partial charge in [-0.05, 0) is 55.7 Å². The maximum Gasteiger partial charge on any atom is 0.410 e. The molecule has 7 heteroatoms.